The van der Waals surface area contributed by atoms with Crippen LogP contribution in [0.25, 0.3) is 0 Å². The molecular formula is C7H12ClIN3O2-. The Kier molecular flexibility index (Phi) is 4.61. The van der Waals surface area contributed by atoms with Gasteiger partial charge >= 0.3 is 98.3 Å². The first-order chi connectivity index (χ1) is 6.56. The summed E-state index contributed by atoms with van der Waals surface area (Å²) in [5.74, 6) is 0. The molecule has 0 spiro atoms. The molecule has 0 saturated carbocycles. The van der Waals surface area contributed by atoms with Crippen molar-refractivity contribution in [1.29, 1.82) is 0 Å². The number of hydrazine groups is 1. The monoisotopic (exact) mass is 332 g/mol. The molecule has 0 aromatic rings. The number of rotatable bonds is 4. The number of nitrogens with one attached hydrogen (secondary N) is 2. The van der Waals surface area contributed by atoms with Crippen molar-refractivity contribution >= 4 is 11.6 Å². The molecular weight excluding hydrogens is 320 g/mol. The molecule has 3 N–H and O–H groups in total. The summed E-state index contributed by atoms with van der Waals surface area (Å²) in [5, 5.41) is 21.6. The zero-order chi connectivity index (χ0) is 10.7. The fraction of sp³-hybridized carbons (Fsp3) is 0.429. The van der Waals surface area contributed by atoms with Crippen LogP contribution in [0.4, 0.5) is 0 Å². The van der Waals surface area contributed by atoms with Gasteiger partial charge in [0.2, 0.25) is 0 Å². The van der Waals surface area contributed by atoms with E-state index < -0.39 is 24.9 Å². The van der Waals surface area contributed by atoms with E-state index >= 15 is 0 Å². The van der Waals surface area contributed by atoms with Gasteiger partial charge in [0.1, 0.15) is 0 Å². The van der Waals surface area contributed by atoms with Crippen molar-refractivity contribution in [3.63, 3.8) is 0 Å². The molecule has 0 radical (unpaired) electrons. The van der Waals surface area contributed by atoms with Crippen molar-refractivity contribution in [2.24, 2.45) is 0 Å². The average molecular weight is 333 g/mol. The van der Waals surface area contributed by atoms with Gasteiger partial charge in [0.05, 0.1) is 0 Å². The number of hydrogen-bond acceptors (Lipinski definition) is 4. The molecule has 1 aliphatic heterocycles. The second-order valence-electron chi connectivity index (χ2n) is 2.74. The van der Waals surface area contributed by atoms with Crippen LogP contribution >= 0.6 is 11.6 Å². The second-order valence-corrected chi connectivity index (χ2v) is 5.72. The minimum atomic E-state index is -1.03. The van der Waals surface area contributed by atoms with Crippen molar-refractivity contribution in [1.82, 2.24) is 10.4 Å². The zero-order valence-electron chi connectivity index (χ0n) is 7.63. The summed E-state index contributed by atoms with van der Waals surface area (Å²) in [7, 11) is 0. The van der Waals surface area contributed by atoms with Gasteiger partial charge in [-0.2, -0.15) is 0 Å². The van der Waals surface area contributed by atoms with Gasteiger partial charge in [0.15, 0.2) is 0 Å². The fourth-order valence-corrected chi connectivity index (χ4v) is 3.26. The Labute approximate surface area is 98.1 Å². The molecule has 0 aromatic carbocycles. The van der Waals surface area contributed by atoms with Gasteiger partial charge < -0.3 is 0 Å². The average Bonchev–Trinajstić information content (AvgIpc) is 2.33. The van der Waals surface area contributed by atoms with E-state index in [-0.39, 0.29) is 6.04 Å². The van der Waals surface area contributed by atoms with Gasteiger partial charge in [0, 0.05) is 0 Å². The fourth-order valence-electron chi connectivity index (χ4n) is 1.12. The Morgan fingerprint density at radius 2 is 2.57 bits per heavy atom. The summed E-state index contributed by atoms with van der Waals surface area (Å²) >= 11 is 4.99. The Hall–Kier alpha value is 0.140. The molecule has 14 heavy (non-hydrogen) atoms. The predicted molar refractivity (Wildman–Crippen MR) is 48.5 cm³/mol. The van der Waals surface area contributed by atoms with Gasteiger partial charge in [-0.25, -0.2) is 0 Å². The van der Waals surface area contributed by atoms with Gasteiger partial charge in [0.25, 0.3) is 0 Å². The van der Waals surface area contributed by atoms with Gasteiger partial charge in [-0.3, -0.25) is 0 Å². The van der Waals surface area contributed by atoms with E-state index in [0.717, 1.165) is 3.58 Å². The zero-order valence-corrected chi connectivity index (χ0v) is 10.5. The molecule has 1 aliphatic rings. The second kappa shape index (κ2) is 5.29. The van der Waals surface area contributed by atoms with Crippen LogP contribution in [0.2, 0.25) is 0 Å². The van der Waals surface area contributed by atoms with Crippen LogP contribution in [0.5, 0.6) is 0 Å². The summed E-state index contributed by atoms with van der Waals surface area (Å²) in [6.07, 6.45) is 1.71. The quantitative estimate of drug-likeness (QED) is 0.165. The van der Waals surface area contributed by atoms with E-state index in [0.29, 0.717) is 11.7 Å². The Bertz CT molecular complexity index is 259. The molecule has 5 nitrogen and oxygen atoms in total. The van der Waals surface area contributed by atoms with Gasteiger partial charge in [-0.1, -0.05) is 0 Å². The van der Waals surface area contributed by atoms with E-state index in [2.05, 4.69) is 12.0 Å². The van der Waals surface area contributed by atoms with E-state index in [1.165, 1.54) is 0 Å². The summed E-state index contributed by atoms with van der Waals surface area (Å²) in [6.45, 7) is 6.08. The molecule has 2 atom stereocenters. The molecule has 1 rings (SSSR count). The molecule has 0 amide bonds. The number of quaternary nitrogens is 1. The van der Waals surface area contributed by atoms with Crippen molar-refractivity contribution in [2.45, 2.75) is 13.0 Å². The van der Waals surface area contributed by atoms with Crippen molar-refractivity contribution < 1.29 is 30.1 Å². The standard InChI is InChI=1S/C7H12ClIN3O2/c1-3-4-11-7(8)6(5(2)10-11)9-12(13)14/h3,5,10,12-13H,1,4H2,2H3/q-1. The van der Waals surface area contributed by atoms with Crippen LogP contribution in [0.3, 0.4) is 0 Å². The summed E-state index contributed by atoms with van der Waals surface area (Å²) in [5.41, 5.74) is 3.08. The van der Waals surface area contributed by atoms with Crippen LogP contribution in [-0.4, -0.2) is 22.8 Å². The molecule has 0 saturated heterocycles. The van der Waals surface area contributed by atoms with Crippen LogP contribution in [-0.2, 0) is 0 Å². The van der Waals surface area contributed by atoms with Crippen LogP contribution in [0.15, 0.2) is 21.4 Å². The maximum absolute atomic E-state index is 10.6. The first-order valence-corrected chi connectivity index (χ1v) is 6.51. The molecule has 0 aliphatic carbocycles. The molecule has 0 bridgehead atoms. The minimum absolute atomic E-state index is 0.0198. The first-order valence-electron chi connectivity index (χ1n) is 3.98. The topological polar surface area (TPSA) is 63.0 Å². The Balaban J connectivity index is 2.73. The molecule has 2 unspecified atom stereocenters. The number of halogens is 2. The Morgan fingerprint density at radius 1 is 1.93 bits per heavy atom. The third-order valence-electron chi connectivity index (χ3n) is 1.66. The maximum atomic E-state index is 10.6. The van der Waals surface area contributed by atoms with Crippen molar-refractivity contribution in [3.8, 4) is 0 Å². The van der Waals surface area contributed by atoms with Crippen molar-refractivity contribution in [2.75, 3.05) is 6.54 Å². The molecule has 1 heterocycles. The summed E-state index contributed by atoms with van der Waals surface area (Å²) in [4.78, 5) is 0. The van der Waals surface area contributed by atoms with Crippen molar-refractivity contribution in [3.05, 3.63) is 26.6 Å². The van der Waals surface area contributed by atoms with Crippen LogP contribution < -0.4 is 30.3 Å². The van der Waals surface area contributed by atoms with Crippen LogP contribution in [0.1, 0.15) is 6.92 Å². The van der Waals surface area contributed by atoms with Crippen LogP contribution in [0, 0.1) is 5.21 Å². The SMILES string of the molecule is C=CCN1NC(C)C([I-][NH+]([O-])O)=C1Cl. The summed E-state index contributed by atoms with van der Waals surface area (Å²) in [6, 6.07) is 0.0198. The predicted octanol–water partition coefficient (Wildman–Crippen LogP) is -3.44. The van der Waals surface area contributed by atoms with Gasteiger partial charge in [-0.15, -0.1) is 0 Å². The van der Waals surface area contributed by atoms with Gasteiger partial charge in [-0.05, 0) is 0 Å². The van der Waals surface area contributed by atoms with E-state index in [1.54, 1.807) is 11.1 Å². The first kappa shape index (κ1) is 12.2. The molecule has 7 heteroatoms. The normalized spacial score (nSPS) is 24.6. The third kappa shape index (κ3) is 2.81. The molecule has 82 valence electrons. The summed E-state index contributed by atoms with van der Waals surface area (Å²) < 4.78 is 0.0610. The van der Waals surface area contributed by atoms with E-state index in [1.807, 2.05) is 6.92 Å². The van der Waals surface area contributed by atoms with E-state index in [4.69, 9.17) is 16.8 Å². The molecule has 0 fully saturated rings. The Morgan fingerprint density at radius 3 is 3.07 bits per heavy atom. The number of hydrogen-bond donors (Lipinski definition) is 3. The number of nitrogens with zero attached hydrogens (tertiary/aromatic N) is 1. The van der Waals surface area contributed by atoms with E-state index in [9.17, 15) is 5.21 Å². The molecule has 0 aromatic heterocycles. The third-order valence-corrected chi connectivity index (χ3v) is 4.87.